The molecule has 1 saturated carbocycles. The Bertz CT molecular complexity index is 492. The fraction of sp³-hybridized carbons (Fsp3) is 0.562. The van der Waals surface area contributed by atoms with Crippen molar-refractivity contribution in [1.82, 2.24) is 5.32 Å². The molecule has 1 aliphatic carbocycles. The molecule has 20 heavy (non-hydrogen) atoms. The normalized spacial score (nSPS) is 15.7. The third-order valence-electron chi connectivity index (χ3n) is 3.71. The van der Waals surface area contributed by atoms with E-state index in [1.807, 2.05) is 18.2 Å². The highest BCUT2D eigenvalue weighted by Crippen LogP contribution is 2.48. The van der Waals surface area contributed by atoms with Gasteiger partial charge in [-0.25, -0.2) is 0 Å². The molecule has 0 atom stereocenters. The lowest BCUT2D eigenvalue weighted by atomic mass is 10.1. The first kappa shape index (κ1) is 15.2. The third kappa shape index (κ3) is 4.13. The quantitative estimate of drug-likeness (QED) is 0.739. The molecule has 0 aliphatic heterocycles. The molecule has 0 radical (unpaired) electrons. The molecule has 1 N–H and O–H groups in total. The lowest BCUT2D eigenvalue weighted by molar-refractivity contribution is 0.234. The summed E-state index contributed by atoms with van der Waals surface area (Å²) in [4.78, 5) is 0. The van der Waals surface area contributed by atoms with Gasteiger partial charge in [-0.15, -0.1) is 0 Å². The van der Waals surface area contributed by atoms with Crippen LogP contribution in [0.2, 0.25) is 5.02 Å². The Labute approximate surface area is 125 Å². The summed E-state index contributed by atoms with van der Waals surface area (Å²) in [6, 6.07) is 7.98. The van der Waals surface area contributed by atoms with Crippen LogP contribution in [-0.2, 0) is 6.54 Å². The molecular formula is C16H21ClN2O. The van der Waals surface area contributed by atoms with Crippen LogP contribution in [0.5, 0.6) is 5.75 Å². The minimum atomic E-state index is 0.0997. The molecule has 4 heteroatoms. The predicted octanol–water partition coefficient (Wildman–Crippen LogP) is 3.91. The second-order valence-electron chi connectivity index (χ2n) is 5.55. The van der Waals surface area contributed by atoms with Gasteiger partial charge in [-0.3, -0.25) is 0 Å². The van der Waals surface area contributed by atoms with Crippen LogP contribution in [0.1, 0.15) is 38.2 Å². The minimum absolute atomic E-state index is 0.0997. The number of hydrogen-bond donors (Lipinski definition) is 1. The Kier molecular flexibility index (Phi) is 5.28. The van der Waals surface area contributed by atoms with E-state index >= 15 is 0 Å². The lowest BCUT2D eigenvalue weighted by Gasteiger charge is -2.16. The van der Waals surface area contributed by atoms with E-state index in [1.54, 1.807) is 0 Å². The summed E-state index contributed by atoms with van der Waals surface area (Å²) in [6.45, 7) is 4.50. The third-order valence-corrected chi connectivity index (χ3v) is 3.94. The molecule has 0 amide bonds. The van der Waals surface area contributed by atoms with E-state index in [1.165, 1.54) is 0 Å². The van der Waals surface area contributed by atoms with Gasteiger partial charge in [-0.1, -0.05) is 18.5 Å². The number of nitriles is 1. The Hall–Kier alpha value is -1.24. The smallest absolute Gasteiger partial charge is 0.123 e. The molecule has 0 spiro atoms. The highest BCUT2D eigenvalue weighted by Gasteiger charge is 2.43. The van der Waals surface area contributed by atoms with Gasteiger partial charge in [0, 0.05) is 29.0 Å². The Balaban J connectivity index is 1.97. The molecule has 0 bridgehead atoms. The molecule has 2 rings (SSSR count). The van der Waals surface area contributed by atoms with Crippen LogP contribution < -0.4 is 10.1 Å². The van der Waals surface area contributed by atoms with Gasteiger partial charge in [0.25, 0.3) is 0 Å². The van der Waals surface area contributed by atoms with Crippen molar-refractivity contribution in [1.29, 1.82) is 5.26 Å². The van der Waals surface area contributed by atoms with E-state index in [4.69, 9.17) is 21.6 Å². The second-order valence-corrected chi connectivity index (χ2v) is 5.99. The van der Waals surface area contributed by atoms with Crippen molar-refractivity contribution in [3.05, 3.63) is 28.8 Å². The molecule has 1 aromatic carbocycles. The first-order valence-electron chi connectivity index (χ1n) is 7.18. The number of hydrogen-bond acceptors (Lipinski definition) is 3. The highest BCUT2D eigenvalue weighted by molar-refractivity contribution is 6.30. The summed E-state index contributed by atoms with van der Waals surface area (Å²) in [5.41, 5.74) is 1.18. The SMILES string of the molecule is CCCNCc1cc(Cl)ccc1OCC1(CC#N)CC1. The van der Waals surface area contributed by atoms with Gasteiger partial charge in [0.15, 0.2) is 0 Å². The van der Waals surface area contributed by atoms with Crippen molar-refractivity contribution < 1.29 is 4.74 Å². The summed E-state index contributed by atoms with van der Waals surface area (Å²) in [5.74, 6) is 0.877. The van der Waals surface area contributed by atoms with Crippen molar-refractivity contribution in [2.24, 2.45) is 5.41 Å². The Morgan fingerprint density at radius 1 is 1.45 bits per heavy atom. The summed E-state index contributed by atoms with van der Waals surface area (Å²) in [5, 5.41) is 12.9. The minimum Gasteiger partial charge on any atom is -0.493 e. The van der Waals surface area contributed by atoms with Gasteiger partial charge in [0.1, 0.15) is 5.75 Å². The monoisotopic (exact) mass is 292 g/mol. The standard InChI is InChI=1S/C16H21ClN2O/c1-2-9-19-11-13-10-14(17)3-4-15(13)20-12-16(5-6-16)7-8-18/h3-4,10,19H,2,5-7,9,11-12H2,1H3. The van der Waals surface area contributed by atoms with E-state index < -0.39 is 0 Å². The van der Waals surface area contributed by atoms with Crippen molar-refractivity contribution in [2.75, 3.05) is 13.2 Å². The highest BCUT2D eigenvalue weighted by atomic mass is 35.5. The maximum Gasteiger partial charge on any atom is 0.123 e. The average molecular weight is 293 g/mol. The van der Waals surface area contributed by atoms with Crippen LogP contribution in [0.15, 0.2) is 18.2 Å². The number of ether oxygens (including phenoxy) is 1. The van der Waals surface area contributed by atoms with Gasteiger partial charge >= 0.3 is 0 Å². The zero-order valence-electron chi connectivity index (χ0n) is 11.9. The molecular weight excluding hydrogens is 272 g/mol. The molecule has 0 unspecified atom stereocenters. The van der Waals surface area contributed by atoms with Gasteiger partial charge in [0.05, 0.1) is 12.7 Å². The molecule has 1 aliphatic rings. The molecule has 3 nitrogen and oxygen atoms in total. The maximum atomic E-state index is 8.84. The van der Waals surface area contributed by atoms with Crippen LogP contribution in [0.3, 0.4) is 0 Å². The van der Waals surface area contributed by atoms with Gasteiger partial charge in [0.2, 0.25) is 0 Å². The lowest BCUT2D eigenvalue weighted by Crippen LogP contribution is -2.17. The largest absolute Gasteiger partial charge is 0.493 e. The first-order valence-corrected chi connectivity index (χ1v) is 7.56. The topological polar surface area (TPSA) is 45.0 Å². The predicted molar refractivity (Wildman–Crippen MR) is 80.8 cm³/mol. The fourth-order valence-electron chi connectivity index (χ4n) is 2.17. The summed E-state index contributed by atoms with van der Waals surface area (Å²) >= 11 is 6.06. The number of benzene rings is 1. The van der Waals surface area contributed by atoms with E-state index in [0.29, 0.717) is 13.0 Å². The number of rotatable bonds is 8. The maximum absolute atomic E-state index is 8.84. The second kappa shape index (κ2) is 6.97. The van der Waals surface area contributed by atoms with Crippen molar-refractivity contribution in [3.63, 3.8) is 0 Å². The Morgan fingerprint density at radius 3 is 2.90 bits per heavy atom. The molecule has 1 aromatic rings. The van der Waals surface area contributed by atoms with Gasteiger partial charge < -0.3 is 10.1 Å². The zero-order chi connectivity index (χ0) is 14.4. The van der Waals surface area contributed by atoms with E-state index in [0.717, 1.165) is 48.7 Å². The van der Waals surface area contributed by atoms with Crippen molar-refractivity contribution in [3.8, 4) is 11.8 Å². The molecule has 0 saturated heterocycles. The van der Waals surface area contributed by atoms with Gasteiger partial charge in [-0.05, 0) is 44.0 Å². The molecule has 108 valence electrons. The fourth-order valence-corrected chi connectivity index (χ4v) is 2.37. The van der Waals surface area contributed by atoms with E-state index in [2.05, 4.69) is 18.3 Å². The molecule has 0 aromatic heterocycles. The van der Waals surface area contributed by atoms with Crippen LogP contribution in [-0.4, -0.2) is 13.2 Å². The van der Waals surface area contributed by atoms with Crippen LogP contribution in [0.25, 0.3) is 0 Å². The number of nitrogens with one attached hydrogen (secondary N) is 1. The van der Waals surface area contributed by atoms with Crippen LogP contribution >= 0.6 is 11.6 Å². The van der Waals surface area contributed by atoms with Crippen molar-refractivity contribution in [2.45, 2.75) is 39.2 Å². The number of halogens is 1. The average Bonchev–Trinajstić information content (AvgIpc) is 3.19. The Morgan fingerprint density at radius 2 is 2.25 bits per heavy atom. The van der Waals surface area contributed by atoms with Crippen LogP contribution in [0, 0.1) is 16.7 Å². The molecule has 1 fully saturated rings. The van der Waals surface area contributed by atoms with Crippen molar-refractivity contribution >= 4 is 11.6 Å². The summed E-state index contributed by atoms with van der Waals surface area (Å²) in [6.07, 6.45) is 3.88. The van der Waals surface area contributed by atoms with E-state index in [-0.39, 0.29) is 5.41 Å². The molecule has 0 heterocycles. The van der Waals surface area contributed by atoms with Crippen LogP contribution in [0.4, 0.5) is 0 Å². The van der Waals surface area contributed by atoms with E-state index in [9.17, 15) is 0 Å². The number of nitrogens with zero attached hydrogens (tertiary/aromatic N) is 1. The zero-order valence-corrected chi connectivity index (χ0v) is 12.7. The first-order chi connectivity index (χ1) is 9.69. The summed E-state index contributed by atoms with van der Waals surface area (Å²) in [7, 11) is 0. The summed E-state index contributed by atoms with van der Waals surface area (Å²) < 4.78 is 5.95. The van der Waals surface area contributed by atoms with Gasteiger partial charge in [-0.2, -0.15) is 5.26 Å².